The van der Waals surface area contributed by atoms with Gasteiger partial charge in [0.2, 0.25) is 0 Å². The van der Waals surface area contributed by atoms with Crippen molar-refractivity contribution < 1.29 is 0 Å². The van der Waals surface area contributed by atoms with Crippen LogP contribution in [-0.2, 0) is 5.41 Å². The highest BCUT2D eigenvalue weighted by atomic mass is 32.1. The summed E-state index contributed by atoms with van der Waals surface area (Å²) in [6, 6.07) is 2.78. The molecule has 1 heterocycles. The topological polar surface area (TPSA) is 24.1 Å². The second kappa shape index (κ2) is 6.53. The van der Waals surface area contributed by atoms with Gasteiger partial charge in [0.25, 0.3) is 0 Å². The quantitative estimate of drug-likeness (QED) is 0.731. The van der Waals surface area contributed by atoms with Crippen molar-refractivity contribution >= 4 is 11.3 Å². The summed E-state index contributed by atoms with van der Waals surface area (Å²) in [6.07, 6.45) is 0. The van der Waals surface area contributed by atoms with Gasteiger partial charge < -0.3 is 10.6 Å². The number of aryl methyl sites for hydroxylation is 1. The second-order valence-corrected chi connectivity index (χ2v) is 6.52. The average Bonchev–Trinajstić information content (AvgIpc) is 2.64. The fraction of sp³-hybridized carbons (Fsp3) is 0.714. The Morgan fingerprint density at radius 3 is 2.53 bits per heavy atom. The molecular formula is C14H26N2S. The highest BCUT2D eigenvalue weighted by Crippen LogP contribution is 2.30. The molecule has 17 heavy (non-hydrogen) atoms. The van der Waals surface area contributed by atoms with Gasteiger partial charge in [-0.3, -0.25) is 0 Å². The summed E-state index contributed by atoms with van der Waals surface area (Å²) in [6.45, 7) is 14.3. The third-order valence-corrected chi connectivity index (χ3v) is 4.28. The van der Waals surface area contributed by atoms with Gasteiger partial charge in [0.15, 0.2) is 0 Å². The van der Waals surface area contributed by atoms with Gasteiger partial charge in [-0.2, -0.15) is 0 Å². The molecule has 1 aromatic heterocycles. The molecule has 0 saturated carbocycles. The number of hydrogen-bond donors (Lipinski definition) is 2. The van der Waals surface area contributed by atoms with Crippen LogP contribution >= 0.6 is 11.3 Å². The Bertz CT molecular complexity index is 329. The molecule has 1 rings (SSSR count). The summed E-state index contributed by atoms with van der Waals surface area (Å²) in [4.78, 5) is 1.50. The number of thiophene rings is 1. The minimum atomic E-state index is 0.232. The van der Waals surface area contributed by atoms with Crippen LogP contribution in [0.2, 0.25) is 0 Å². The zero-order valence-corrected chi connectivity index (χ0v) is 12.6. The molecule has 2 N–H and O–H groups in total. The Balaban J connectivity index is 2.33. The summed E-state index contributed by atoms with van der Waals surface area (Å²) in [5.41, 5.74) is 1.65. The minimum Gasteiger partial charge on any atom is -0.315 e. The molecule has 0 aliphatic heterocycles. The number of hydrogen-bond acceptors (Lipinski definition) is 3. The van der Waals surface area contributed by atoms with Gasteiger partial charge in [0, 0.05) is 36.0 Å². The van der Waals surface area contributed by atoms with E-state index in [2.05, 4.69) is 56.7 Å². The molecule has 0 unspecified atom stereocenters. The Labute approximate surface area is 110 Å². The lowest BCUT2D eigenvalue weighted by atomic mass is 9.89. The van der Waals surface area contributed by atoms with E-state index in [0.29, 0.717) is 6.04 Å². The van der Waals surface area contributed by atoms with Crippen molar-refractivity contribution in [3.05, 3.63) is 21.9 Å². The molecule has 0 radical (unpaired) electrons. The molecule has 0 bridgehead atoms. The van der Waals surface area contributed by atoms with Crippen molar-refractivity contribution in [2.24, 2.45) is 0 Å². The van der Waals surface area contributed by atoms with Crippen LogP contribution in [0.3, 0.4) is 0 Å². The van der Waals surface area contributed by atoms with Crippen LogP contribution in [0.15, 0.2) is 11.4 Å². The van der Waals surface area contributed by atoms with Gasteiger partial charge in [-0.1, -0.05) is 27.7 Å². The van der Waals surface area contributed by atoms with Gasteiger partial charge in [0.05, 0.1) is 0 Å². The van der Waals surface area contributed by atoms with Crippen molar-refractivity contribution in [2.45, 2.75) is 46.1 Å². The van der Waals surface area contributed by atoms with E-state index in [1.807, 2.05) is 11.3 Å². The molecule has 2 nitrogen and oxygen atoms in total. The molecule has 0 fully saturated rings. The SMILES string of the molecule is Cc1ccsc1C(C)(C)CNCCNC(C)C. The lowest BCUT2D eigenvalue weighted by molar-refractivity contribution is 0.463. The Morgan fingerprint density at radius 2 is 2.00 bits per heavy atom. The molecule has 0 atom stereocenters. The van der Waals surface area contributed by atoms with Crippen LogP contribution < -0.4 is 10.6 Å². The summed E-state index contributed by atoms with van der Waals surface area (Å²) in [5.74, 6) is 0. The second-order valence-electron chi connectivity index (χ2n) is 5.60. The maximum atomic E-state index is 3.54. The molecule has 0 spiro atoms. The van der Waals surface area contributed by atoms with Crippen molar-refractivity contribution in [3.63, 3.8) is 0 Å². The van der Waals surface area contributed by atoms with Gasteiger partial charge in [-0.25, -0.2) is 0 Å². The lowest BCUT2D eigenvalue weighted by Gasteiger charge is -2.25. The lowest BCUT2D eigenvalue weighted by Crippen LogP contribution is -2.37. The van der Waals surface area contributed by atoms with E-state index in [1.54, 1.807) is 0 Å². The van der Waals surface area contributed by atoms with E-state index in [4.69, 9.17) is 0 Å². The Kier molecular flexibility index (Phi) is 5.63. The van der Waals surface area contributed by atoms with E-state index < -0.39 is 0 Å². The third kappa shape index (κ3) is 4.78. The van der Waals surface area contributed by atoms with Crippen molar-refractivity contribution in [1.29, 1.82) is 0 Å². The molecule has 3 heteroatoms. The van der Waals surface area contributed by atoms with Gasteiger partial charge in [0.1, 0.15) is 0 Å². The number of nitrogens with one attached hydrogen (secondary N) is 2. The molecule has 0 aliphatic carbocycles. The van der Waals surface area contributed by atoms with Crippen molar-refractivity contribution in [3.8, 4) is 0 Å². The molecule has 0 saturated heterocycles. The van der Waals surface area contributed by atoms with Crippen LogP contribution in [0.25, 0.3) is 0 Å². The minimum absolute atomic E-state index is 0.232. The third-order valence-electron chi connectivity index (χ3n) is 2.90. The Hall–Kier alpha value is -0.380. The van der Waals surface area contributed by atoms with E-state index in [0.717, 1.165) is 19.6 Å². The first kappa shape index (κ1) is 14.7. The van der Waals surface area contributed by atoms with E-state index in [-0.39, 0.29) is 5.41 Å². The summed E-state index contributed by atoms with van der Waals surface area (Å²) in [5, 5.41) is 9.15. The van der Waals surface area contributed by atoms with Crippen LogP contribution in [0, 0.1) is 6.92 Å². The average molecular weight is 254 g/mol. The molecular weight excluding hydrogens is 228 g/mol. The fourth-order valence-electron chi connectivity index (χ4n) is 2.00. The maximum absolute atomic E-state index is 3.54. The largest absolute Gasteiger partial charge is 0.315 e. The molecule has 0 aromatic carbocycles. The Morgan fingerprint density at radius 1 is 1.29 bits per heavy atom. The molecule has 1 aromatic rings. The van der Waals surface area contributed by atoms with Crippen LogP contribution in [0.1, 0.15) is 38.1 Å². The molecule has 98 valence electrons. The summed E-state index contributed by atoms with van der Waals surface area (Å²) >= 11 is 1.87. The monoisotopic (exact) mass is 254 g/mol. The highest BCUT2D eigenvalue weighted by molar-refractivity contribution is 7.10. The first-order chi connectivity index (χ1) is 7.93. The van der Waals surface area contributed by atoms with E-state index in [9.17, 15) is 0 Å². The highest BCUT2D eigenvalue weighted by Gasteiger charge is 2.23. The molecule has 0 amide bonds. The van der Waals surface area contributed by atoms with Crippen molar-refractivity contribution in [2.75, 3.05) is 19.6 Å². The van der Waals surface area contributed by atoms with Crippen molar-refractivity contribution in [1.82, 2.24) is 10.6 Å². The number of rotatable bonds is 7. The summed E-state index contributed by atoms with van der Waals surface area (Å²) in [7, 11) is 0. The smallest absolute Gasteiger partial charge is 0.0143 e. The van der Waals surface area contributed by atoms with E-state index in [1.165, 1.54) is 10.4 Å². The standard InChI is InChI=1S/C14H26N2S/c1-11(2)16-8-7-15-10-14(4,5)13-12(3)6-9-17-13/h6,9,11,15-16H,7-8,10H2,1-5H3. The predicted octanol–water partition coefficient (Wildman–Crippen LogP) is 2.92. The molecule has 0 aliphatic rings. The van der Waals surface area contributed by atoms with Crippen LogP contribution in [-0.4, -0.2) is 25.7 Å². The van der Waals surface area contributed by atoms with Gasteiger partial charge >= 0.3 is 0 Å². The van der Waals surface area contributed by atoms with Crippen LogP contribution in [0.4, 0.5) is 0 Å². The summed E-state index contributed by atoms with van der Waals surface area (Å²) < 4.78 is 0. The zero-order valence-electron chi connectivity index (χ0n) is 11.8. The van der Waals surface area contributed by atoms with E-state index >= 15 is 0 Å². The van der Waals surface area contributed by atoms with Crippen LogP contribution in [0.5, 0.6) is 0 Å². The van der Waals surface area contributed by atoms with Gasteiger partial charge in [-0.05, 0) is 23.9 Å². The zero-order chi connectivity index (χ0) is 12.9. The predicted molar refractivity (Wildman–Crippen MR) is 78.1 cm³/mol. The first-order valence-electron chi connectivity index (χ1n) is 6.42. The first-order valence-corrected chi connectivity index (χ1v) is 7.30. The maximum Gasteiger partial charge on any atom is 0.0143 e. The van der Waals surface area contributed by atoms with Gasteiger partial charge in [-0.15, -0.1) is 11.3 Å². The fourth-order valence-corrected chi connectivity index (χ4v) is 3.05. The normalized spacial score (nSPS) is 12.4.